The second-order valence-corrected chi connectivity index (χ2v) is 11.7. The van der Waals surface area contributed by atoms with Crippen molar-refractivity contribution in [3.05, 3.63) is 138 Å². The molecule has 4 aromatic rings. The molecule has 6 heteroatoms. The molecule has 0 amide bonds. The highest BCUT2D eigenvalue weighted by Gasteiger charge is 2.38. The van der Waals surface area contributed by atoms with Crippen molar-refractivity contribution < 1.29 is 28.5 Å². The summed E-state index contributed by atoms with van der Waals surface area (Å²) in [5.41, 5.74) is 2.68. The minimum atomic E-state index is -0.867. The normalized spacial score (nSPS) is 12.5. The predicted octanol–water partition coefficient (Wildman–Crippen LogP) is 7.59. The van der Waals surface area contributed by atoms with Gasteiger partial charge in [-0.25, -0.2) is 0 Å². The number of methoxy groups -OCH3 is 1. The van der Waals surface area contributed by atoms with Crippen LogP contribution in [0.25, 0.3) is 0 Å². The number of hydrogen-bond acceptors (Lipinski definition) is 6. The van der Waals surface area contributed by atoms with E-state index in [4.69, 9.17) is 23.7 Å². The number of hydrogen-bond donors (Lipinski definition) is 0. The Bertz CT molecular complexity index is 1290. The van der Waals surface area contributed by atoms with E-state index in [1.807, 2.05) is 99.6 Å². The minimum absolute atomic E-state index is 0.167. The second-order valence-electron chi connectivity index (χ2n) is 11.7. The molecule has 0 radical (unpaired) electrons. The van der Waals surface area contributed by atoms with E-state index in [9.17, 15) is 4.79 Å². The molecule has 0 aliphatic heterocycles. The molecule has 1 atom stereocenters. The van der Waals surface area contributed by atoms with Gasteiger partial charge >= 0.3 is 5.97 Å². The molecule has 6 nitrogen and oxygen atoms in total. The van der Waals surface area contributed by atoms with Gasteiger partial charge in [0.25, 0.3) is 0 Å². The maximum Gasteiger partial charge on any atom is 0.311 e. The molecule has 0 N–H and O–H groups in total. The van der Waals surface area contributed by atoms with E-state index in [2.05, 4.69) is 36.4 Å². The van der Waals surface area contributed by atoms with Gasteiger partial charge in [0.05, 0.1) is 38.4 Å². The number of carbonyl (C=O) groups excluding carboxylic acids is 1. The van der Waals surface area contributed by atoms with Crippen LogP contribution in [-0.4, -0.2) is 45.6 Å². The van der Waals surface area contributed by atoms with E-state index in [-0.39, 0.29) is 31.9 Å². The van der Waals surface area contributed by atoms with E-state index in [0.29, 0.717) is 19.6 Å². The quantitative estimate of drug-likeness (QED) is 0.0755. The Morgan fingerprint density at radius 3 is 1.68 bits per heavy atom. The van der Waals surface area contributed by atoms with Crippen LogP contribution in [0.4, 0.5) is 0 Å². The number of carbonyl (C=O) groups is 1. The first-order valence-electron chi connectivity index (χ1n) is 15.1. The molecule has 0 heterocycles. The largest absolute Gasteiger partial charge is 0.497 e. The van der Waals surface area contributed by atoms with Crippen LogP contribution >= 0.6 is 0 Å². The molecule has 4 rings (SSSR count). The van der Waals surface area contributed by atoms with Gasteiger partial charge in [-0.15, -0.1) is 0 Å². The summed E-state index contributed by atoms with van der Waals surface area (Å²) in [6.07, 6.45) is 0.285. The van der Waals surface area contributed by atoms with Crippen molar-refractivity contribution >= 4 is 5.97 Å². The zero-order valence-corrected chi connectivity index (χ0v) is 26.2. The van der Waals surface area contributed by atoms with Gasteiger partial charge in [0.2, 0.25) is 0 Å². The molecule has 0 saturated heterocycles. The highest BCUT2D eigenvalue weighted by Crippen LogP contribution is 2.40. The van der Waals surface area contributed by atoms with Crippen molar-refractivity contribution in [3.8, 4) is 5.75 Å². The molecule has 0 aromatic heterocycles. The Morgan fingerprint density at radius 1 is 0.682 bits per heavy atom. The van der Waals surface area contributed by atoms with Crippen molar-refractivity contribution in [2.45, 2.75) is 45.5 Å². The Labute approximate surface area is 261 Å². The summed E-state index contributed by atoms with van der Waals surface area (Å²) in [6, 6.07) is 38.6. The monoisotopic (exact) mass is 596 g/mol. The maximum absolute atomic E-state index is 12.3. The van der Waals surface area contributed by atoms with E-state index in [1.165, 1.54) is 0 Å². The first kappa shape index (κ1) is 32.9. The molecule has 0 aliphatic rings. The molecule has 4 aromatic carbocycles. The lowest BCUT2D eigenvalue weighted by Gasteiger charge is -2.37. The number of rotatable bonds is 16. The topological polar surface area (TPSA) is 63.2 Å². The number of ether oxygens (including phenoxy) is 5. The van der Waals surface area contributed by atoms with E-state index < -0.39 is 11.0 Å². The Balaban J connectivity index is 1.53. The summed E-state index contributed by atoms with van der Waals surface area (Å²) in [4.78, 5) is 12.3. The average Bonchev–Trinajstić information content (AvgIpc) is 3.06. The number of benzene rings is 4. The van der Waals surface area contributed by atoms with Crippen LogP contribution in [0.3, 0.4) is 0 Å². The molecule has 44 heavy (non-hydrogen) atoms. The fourth-order valence-corrected chi connectivity index (χ4v) is 4.89. The third-order valence-electron chi connectivity index (χ3n) is 7.32. The zero-order chi connectivity index (χ0) is 31.3. The van der Waals surface area contributed by atoms with Crippen LogP contribution < -0.4 is 4.74 Å². The van der Waals surface area contributed by atoms with Crippen molar-refractivity contribution in [3.63, 3.8) is 0 Å². The van der Waals surface area contributed by atoms with Gasteiger partial charge in [-0.1, -0.05) is 103 Å². The van der Waals surface area contributed by atoms with Crippen molar-refractivity contribution in [2.24, 2.45) is 5.41 Å². The molecule has 0 saturated carbocycles. The SMILES string of the molecule is COc1ccc(COCC[C@@H](COC(c2ccccc2)(c2ccccc2)c2ccccc2)OCCOC(=O)C(C)(C)C)cc1. The standard InChI is InChI=1S/C38H44O6/c1-37(2,3)36(39)43-27-26-42-35(24-25-41-28-30-20-22-34(40-4)23-21-30)29-44-38(31-14-8-5-9-15-31,32-16-10-6-11-17-32)33-18-12-7-13-19-33/h5-23,35H,24-29H2,1-4H3/t35-/m0/s1. The summed E-state index contributed by atoms with van der Waals surface area (Å²) < 4.78 is 30.1. The lowest BCUT2D eigenvalue weighted by atomic mass is 9.80. The van der Waals surface area contributed by atoms with Gasteiger partial charge in [0.1, 0.15) is 18.0 Å². The van der Waals surface area contributed by atoms with Crippen LogP contribution in [0.5, 0.6) is 5.75 Å². The average molecular weight is 597 g/mol. The first-order valence-corrected chi connectivity index (χ1v) is 15.1. The highest BCUT2D eigenvalue weighted by atomic mass is 16.6. The lowest BCUT2D eigenvalue weighted by Crippen LogP contribution is -2.37. The predicted molar refractivity (Wildman–Crippen MR) is 173 cm³/mol. The van der Waals surface area contributed by atoms with Crippen LogP contribution in [0.2, 0.25) is 0 Å². The number of esters is 1. The van der Waals surface area contributed by atoms with E-state index in [1.54, 1.807) is 7.11 Å². The van der Waals surface area contributed by atoms with Gasteiger partial charge in [-0.05, 0) is 61.6 Å². The smallest absolute Gasteiger partial charge is 0.311 e. The summed E-state index contributed by atoms with van der Waals surface area (Å²) in [5.74, 6) is 0.554. The minimum Gasteiger partial charge on any atom is -0.497 e. The summed E-state index contributed by atoms with van der Waals surface area (Å²) >= 11 is 0. The van der Waals surface area contributed by atoms with Gasteiger partial charge in [0, 0.05) is 6.61 Å². The second kappa shape index (κ2) is 16.2. The fraction of sp³-hybridized carbons (Fsp3) is 0.342. The summed E-state index contributed by atoms with van der Waals surface area (Å²) in [6.45, 7) is 7.16. The zero-order valence-electron chi connectivity index (χ0n) is 26.2. The third-order valence-corrected chi connectivity index (χ3v) is 7.32. The fourth-order valence-electron chi connectivity index (χ4n) is 4.89. The van der Waals surface area contributed by atoms with Crippen LogP contribution in [-0.2, 0) is 35.9 Å². The van der Waals surface area contributed by atoms with E-state index >= 15 is 0 Å². The molecular formula is C38H44O6. The molecule has 0 aliphatic carbocycles. The van der Waals surface area contributed by atoms with Gasteiger partial charge < -0.3 is 23.7 Å². The van der Waals surface area contributed by atoms with Crippen LogP contribution in [0, 0.1) is 5.41 Å². The first-order chi connectivity index (χ1) is 21.3. The Morgan fingerprint density at radius 2 is 1.20 bits per heavy atom. The Kier molecular flexibility index (Phi) is 12.1. The molecule has 0 bridgehead atoms. The lowest BCUT2D eigenvalue weighted by molar-refractivity contribution is -0.156. The summed E-state index contributed by atoms with van der Waals surface area (Å²) in [5, 5.41) is 0. The Hall–Kier alpha value is -3.97. The molecule has 0 spiro atoms. The molecule has 0 fully saturated rings. The van der Waals surface area contributed by atoms with Gasteiger partial charge in [0.15, 0.2) is 0 Å². The summed E-state index contributed by atoms with van der Waals surface area (Å²) in [7, 11) is 1.65. The molecule has 232 valence electrons. The van der Waals surface area contributed by atoms with Crippen molar-refractivity contribution in [1.29, 1.82) is 0 Å². The van der Waals surface area contributed by atoms with Crippen LogP contribution in [0.1, 0.15) is 49.4 Å². The van der Waals surface area contributed by atoms with Gasteiger partial charge in [-0.2, -0.15) is 0 Å². The molecule has 0 unspecified atom stereocenters. The van der Waals surface area contributed by atoms with Crippen LogP contribution in [0.15, 0.2) is 115 Å². The van der Waals surface area contributed by atoms with Crippen molar-refractivity contribution in [2.75, 3.05) is 33.5 Å². The maximum atomic E-state index is 12.3. The third kappa shape index (κ3) is 9.02. The van der Waals surface area contributed by atoms with E-state index in [0.717, 1.165) is 28.0 Å². The van der Waals surface area contributed by atoms with Gasteiger partial charge in [-0.3, -0.25) is 4.79 Å². The van der Waals surface area contributed by atoms with Crippen molar-refractivity contribution in [1.82, 2.24) is 0 Å². The molecular weight excluding hydrogens is 552 g/mol. The highest BCUT2D eigenvalue weighted by molar-refractivity contribution is 5.75.